The Kier molecular flexibility index (Phi) is 6.26. The molecule has 28 heavy (non-hydrogen) atoms. The predicted molar refractivity (Wildman–Crippen MR) is 102 cm³/mol. The van der Waals surface area contributed by atoms with Crippen LogP contribution < -0.4 is 10.6 Å². The summed E-state index contributed by atoms with van der Waals surface area (Å²) in [5.41, 5.74) is 0.723. The zero-order valence-electron chi connectivity index (χ0n) is 15.3. The lowest BCUT2D eigenvalue weighted by Gasteiger charge is -2.24. The van der Waals surface area contributed by atoms with Gasteiger partial charge < -0.3 is 15.5 Å². The molecule has 1 amide bonds. The second-order valence-electron chi connectivity index (χ2n) is 6.49. The van der Waals surface area contributed by atoms with Gasteiger partial charge in [0.25, 0.3) is 0 Å². The molecule has 3 heterocycles. The number of halogens is 2. The summed E-state index contributed by atoms with van der Waals surface area (Å²) in [6, 6.07) is 1.61. The first-order valence-corrected chi connectivity index (χ1v) is 9.16. The number of nitriles is 1. The third-order valence-corrected chi connectivity index (χ3v) is 4.62. The first-order valence-electron chi connectivity index (χ1n) is 8.79. The van der Waals surface area contributed by atoms with E-state index >= 15 is 0 Å². The van der Waals surface area contributed by atoms with Crippen LogP contribution in [-0.4, -0.2) is 55.9 Å². The summed E-state index contributed by atoms with van der Waals surface area (Å²) in [7, 11) is 1.80. The topological polar surface area (TPSA) is 112 Å². The van der Waals surface area contributed by atoms with Gasteiger partial charge in [0, 0.05) is 39.1 Å². The molecule has 0 aromatic carbocycles. The van der Waals surface area contributed by atoms with Crippen LogP contribution in [0.25, 0.3) is 0 Å². The highest BCUT2D eigenvalue weighted by molar-refractivity contribution is 6.32. The number of likely N-dealkylation sites (tertiary alicyclic amines) is 1. The van der Waals surface area contributed by atoms with E-state index < -0.39 is 6.17 Å². The summed E-state index contributed by atoms with van der Waals surface area (Å²) in [6.45, 7) is 0.337. The number of anilines is 3. The molecule has 2 aromatic heterocycles. The molecule has 0 radical (unpaired) electrons. The SMILES string of the molecule is Cn1cc(Nc2ncc(Cl)c(NC[C@@H]3CC(F)CN3C(=O)CCC#N)n2)cn1. The Bertz CT molecular complexity index is 882. The zero-order chi connectivity index (χ0) is 20.1. The van der Waals surface area contributed by atoms with Gasteiger partial charge in [-0.15, -0.1) is 0 Å². The number of nitrogens with zero attached hydrogens (tertiary/aromatic N) is 6. The number of nitrogens with one attached hydrogen (secondary N) is 2. The Morgan fingerprint density at radius 2 is 2.32 bits per heavy atom. The predicted octanol–water partition coefficient (Wildman–Crippen LogP) is 2.26. The molecule has 1 aliphatic heterocycles. The molecule has 11 heteroatoms. The Labute approximate surface area is 166 Å². The fraction of sp³-hybridized carbons (Fsp3) is 0.471. The van der Waals surface area contributed by atoms with Crippen LogP contribution in [0.5, 0.6) is 0 Å². The standard InChI is InChI=1S/C17H20ClFN8O/c1-26-10-12(6-23-26)24-17-22-8-14(18)16(25-17)21-7-13-5-11(19)9-27(13)15(28)3-2-4-20/h6,8,10-11,13H,2-3,5,7,9H2,1H3,(H2,21,22,24,25)/t11?,13-/m0/s1. The lowest BCUT2D eigenvalue weighted by molar-refractivity contribution is -0.131. The van der Waals surface area contributed by atoms with Crippen molar-refractivity contribution in [2.45, 2.75) is 31.5 Å². The number of aromatic nitrogens is 4. The fourth-order valence-corrected chi connectivity index (χ4v) is 3.20. The van der Waals surface area contributed by atoms with Crippen molar-refractivity contribution in [2.24, 2.45) is 7.05 Å². The lowest BCUT2D eigenvalue weighted by Crippen LogP contribution is -2.39. The number of carbonyl (C=O) groups is 1. The number of rotatable bonds is 7. The molecule has 1 unspecified atom stereocenters. The van der Waals surface area contributed by atoms with E-state index in [4.69, 9.17) is 16.9 Å². The summed E-state index contributed by atoms with van der Waals surface area (Å²) < 4.78 is 15.5. The molecule has 2 aromatic rings. The van der Waals surface area contributed by atoms with Crippen LogP contribution in [0.3, 0.4) is 0 Å². The fourth-order valence-electron chi connectivity index (χ4n) is 3.05. The minimum absolute atomic E-state index is 0.0436. The second kappa shape index (κ2) is 8.84. The average Bonchev–Trinajstić information content (AvgIpc) is 3.25. The lowest BCUT2D eigenvalue weighted by atomic mass is 10.2. The van der Waals surface area contributed by atoms with Crippen LogP contribution >= 0.6 is 11.6 Å². The molecule has 0 spiro atoms. The van der Waals surface area contributed by atoms with E-state index in [1.165, 1.54) is 11.1 Å². The van der Waals surface area contributed by atoms with E-state index in [-0.39, 0.29) is 37.8 Å². The van der Waals surface area contributed by atoms with Crippen molar-refractivity contribution in [3.05, 3.63) is 23.6 Å². The van der Waals surface area contributed by atoms with E-state index in [9.17, 15) is 9.18 Å². The Morgan fingerprint density at radius 3 is 3.04 bits per heavy atom. The largest absolute Gasteiger partial charge is 0.367 e. The number of hydrogen-bond donors (Lipinski definition) is 2. The molecule has 1 fully saturated rings. The van der Waals surface area contributed by atoms with Crippen molar-refractivity contribution in [3.8, 4) is 6.07 Å². The van der Waals surface area contributed by atoms with Crippen molar-refractivity contribution in [2.75, 3.05) is 23.7 Å². The summed E-state index contributed by atoms with van der Waals surface area (Å²) in [6.07, 6.45) is 4.22. The molecular weight excluding hydrogens is 387 g/mol. The van der Waals surface area contributed by atoms with Crippen molar-refractivity contribution in [3.63, 3.8) is 0 Å². The maximum absolute atomic E-state index is 13.9. The van der Waals surface area contributed by atoms with Gasteiger partial charge in [0.05, 0.1) is 36.7 Å². The summed E-state index contributed by atoms with van der Waals surface area (Å²) >= 11 is 6.16. The van der Waals surface area contributed by atoms with Crippen LogP contribution in [0.15, 0.2) is 18.6 Å². The third kappa shape index (κ3) is 4.86. The molecule has 0 bridgehead atoms. The molecule has 2 atom stereocenters. The van der Waals surface area contributed by atoms with Crippen molar-refractivity contribution >= 4 is 35.0 Å². The number of hydrogen-bond acceptors (Lipinski definition) is 7. The maximum atomic E-state index is 13.9. The first kappa shape index (κ1) is 19.8. The summed E-state index contributed by atoms with van der Waals surface area (Å²) in [5.74, 6) is 0.493. The minimum Gasteiger partial charge on any atom is -0.367 e. The molecule has 2 N–H and O–H groups in total. The Morgan fingerprint density at radius 1 is 1.50 bits per heavy atom. The zero-order valence-corrected chi connectivity index (χ0v) is 16.0. The molecule has 148 valence electrons. The van der Waals surface area contributed by atoms with Crippen molar-refractivity contribution in [1.82, 2.24) is 24.6 Å². The first-order chi connectivity index (χ1) is 13.5. The van der Waals surface area contributed by atoms with E-state index in [2.05, 4.69) is 25.7 Å². The van der Waals surface area contributed by atoms with E-state index in [0.29, 0.717) is 23.3 Å². The number of aryl methyl sites for hydroxylation is 1. The second-order valence-corrected chi connectivity index (χ2v) is 6.90. The highest BCUT2D eigenvalue weighted by Gasteiger charge is 2.34. The van der Waals surface area contributed by atoms with Gasteiger partial charge in [0.2, 0.25) is 11.9 Å². The van der Waals surface area contributed by atoms with Crippen molar-refractivity contribution in [1.29, 1.82) is 5.26 Å². The van der Waals surface area contributed by atoms with Crippen LogP contribution in [0.2, 0.25) is 5.02 Å². The van der Waals surface area contributed by atoms with Crippen molar-refractivity contribution < 1.29 is 9.18 Å². The van der Waals surface area contributed by atoms with E-state index in [1.54, 1.807) is 24.1 Å². The summed E-state index contributed by atoms with van der Waals surface area (Å²) in [4.78, 5) is 22.2. The highest BCUT2D eigenvalue weighted by Crippen LogP contribution is 2.25. The van der Waals surface area contributed by atoms with Crippen LogP contribution in [0.1, 0.15) is 19.3 Å². The maximum Gasteiger partial charge on any atom is 0.229 e. The van der Waals surface area contributed by atoms with Gasteiger partial charge in [-0.1, -0.05) is 11.6 Å². The average molecular weight is 407 g/mol. The van der Waals surface area contributed by atoms with E-state index in [0.717, 1.165) is 5.69 Å². The number of amides is 1. The monoisotopic (exact) mass is 406 g/mol. The van der Waals surface area contributed by atoms with Crippen LogP contribution in [0, 0.1) is 11.3 Å². The van der Waals surface area contributed by atoms with Gasteiger partial charge in [-0.05, 0) is 0 Å². The van der Waals surface area contributed by atoms with E-state index in [1.807, 2.05) is 6.07 Å². The third-order valence-electron chi connectivity index (χ3n) is 4.34. The quantitative estimate of drug-likeness (QED) is 0.725. The molecule has 1 saturated heterocycles. The molecule has 9 nitrogen and oxygen atoms in total. The van der Waals surface area contributed by atoms with Gasteiger partial charge >= 0.3 is 0 Å². The van der Waals surface area contributed by atoms with Gasteiger partial charge in [-0.25, -0.2) is 9.37 Å². The van der Waals surface area contributed by atoms with Gasteiger partial charge in [0.1, 0.15) is 11.2 Å². The Balaban J connectivity index is 1.65. The minimum atomic E-state index is -1.08. The molecule has 0 saturated carbocycles. The smallest absolute Gasteiger partial charge is 0.229 e. The molecule has 0 aliphatic carbocycles. The number of carbonyl (C=O) groups excluding carboxylic acids is 1. The number of alkyl halides is 1. The molecular formula is C17H20ClFN8O. The summed E-state index contributed by atoms with van der Waals surface area (Å²) in [5, 5.41) is 19.1. The van der Waals surface area contributed by atoms with Crippen LogP contribution in [0.4, 0.5) is 21.8 Å². The van der Waals surface area contributed by atoms with Crippen LogP contribution in [-0.2, 0) is 11.8 Å². The van der Waals surface area contributed by atoms with Gasteiger partial charge in [-0.2, -0.15) is 15.3 Å². The Hall–Kier alpha value is -2.93. The van der Waals surface area contributed by atoms with Gasteiger partial charge in [-0.3, -0.25) is 9.48 Å². The molecule has 3 rings (SSSR count). The normalized spacial score (nSPS) is 18.7. The van der Waals surface area contributed by atoms with Gasteiger partial charge in [0.15, 0.2) is 5.82 Å². The highest BCUT2D eigenvalue weighted by atomic mass is 35.5. The molecule has 1 aliphatic rings.